The van der Waals surface area contributed by atoms with Crippen molar-refractivity contribution in [1.29, 1.82) is 0 Å². The van der Waals surface area contributed by atoms with Crippen LogP contribution < -0.4 is 10.1 Å². The van der Waals surface area contributed by atoms with Crippen LogP contribution in [0.5, 0.6) is 5.75 Å². The number of nitrogens with one attached hydrogen (secondary N) is 1. The summed E-state index contributed by atoms with van der Waals surface area (Å²) in [6.45, 7) is 0.622. The Morgan fingerprint density at radius 3 is 2.43 bits per heavy atom. The second-order valence-electron chi connectivity index (χ2n) is 6.32. The van der Waals surface area contributed by atoms with Crippen LogP contribution in [0.15, 0.2) is 83.3 Å². The number of rotatable bonds is 6. The molecule has 0 saturated carbocycles. The number of carbonyl (C=O) groups is 1. The number of hydrogen-bond donors (Lipinski definition) is 1. The molecule has 1 N–H and O–H groups in total. The highest BCUT2D eigenvalue weighted by molar-refractivity contribution is 6.30. The quantitative estimate of drug-likeness (QED) is 0.465. The first kappa shape index (κ1) is 18.1. The number of carbonyl (C=O) groups excluding carboxylic acids is 1. The number of benzene rings is 3. The van der Waals surface area contributed by atoms with Gasteiger partial charge in [0.05, 0.1) is 0 Å². The zero-order chi connectivity index (χ0) is 19.3. The Morgan fingerprint density at radius 1 is 0.929 bits per heavy atom. The standard InChI is InChI=1S/C23H18ClNO3/c24-17-12-10-16(11-13-17)14-25-23(26)22-20(15-27-18-6-2-1-3-7-18)19-8-4-5-9-21(19)28-22/h1-13H,14-15H2,(H,25,26). The van der Waals surface area contributed by atoms with Gasteiger partial charge >= 0.3 is 0 Å². The number of para-hydroxylation sites is 2. The Kier molecular flexibility index (Phi) is 5.31. The molecular formula is C23H18ClNO3. The minimum Gasteiger partial charge on any atom is -0.489 e. The molecule has 1 heterocycles. The SMILES string of the molecule is O=C(NCc1ccc(Cl)cc1)c1oc2ccccc2c1COc1ccccc1. The van der Waals surface area contributed by atoms with Crippen LogP contribution in [0.1, 0.15) is 21.7 Å². The lowest BCUT2D eigenvalue weighted by atomic mass is 10.1. The van der Waals surface area contributed by atoms with E-state index in [2.05, 4.69) is 5.32 Å². The smallest absolute Gasteiger partial charge is 0.287 e. The monoisotopic (exact) mass is 391 g/mol. The van der Waals surface area contributed by atoms with Crippen LogP contribution in [-0.2, 0) is 13.2 Å². The second kappa shape index (κ2) is 8.19. The van der Waals surface area contributed by atoms with Gasteiger partial charge in [-0.2, -0.15) is 0 Å². The maximum absolute atomic E-state index is 12.8. The van der Waals surface area contributed by atoms with Gasteiger partial charge in [0.1, 0.15) is 17.9 Å². The maximum atomic E-state index is 12.8. The molecule has 4 aromatic rings. The molecule has 0 bridgehead atoms. The van der Waals surface area contributed by atoms with E-state index in [-0.39, 0.29) is 18.3 Å². The Hall–Kier alpha value is -3.24. The van der Waals surface area contributed by atoms with Gasteiger partial charge in [0.2, 0.25) is 0 Å². The molecule has 28 heavy (non-hydrogen) atoms. The lowest BCUT2D eigenvalue weighted by molar-refractivity contribution is 0.0922. The third-order valence-electron chi connectivity index (χ3n) is 4.40. The first-order chi connectivity index (χ1) is 13.7. The number of halogens is 1. The Labute approximate surface area is 167 Å². The lowest BCUT2D eigenvalue weighted by Crippen LogP contribution is -2.23. The Balaban J connectivity index is 1.56. The molecule has 3 aromatic carbocycles. The van der Waals surface area contributed by atoms with E-state index in [1.165, 1.54) is 0 Å². The topological polar surface area (TPSA) is 51.5 Å². The Bertz CT molecular complexity index is 1090. The molecule has 0 atom stereocenters. The van der Waals surface area contributed by atoms with Gasteiger partial charge in [-0.25, -0.2) is 0 Å². The Morgan fingerprint density at radius 2 is 1.64 bits per heavy atom. The molecular weight excluding hydrogens is 374 g/mol. The molecule has 1 amide bonds. The first-order valence-corrected chi connectivity index (χ1v) is 9.29. The summed E-state index contributed by atoms with van der Waals surface area (Å²) < 4.78 is 11.7. The summed E-state index contributed by atoms with van der Waals surface area (Å²) >= 11 is 5.91. The van der Waals surface area contributed by atoms with Crippen LogP contribution >= 0.6 is 11.6 Å². The fraction of sp³-hybridized carbons (Fsp3) is 0.0870. The highest BCUT2D eigenvalue weighted by atomic mass is 35.5. The van der Waals surface area contributed by atoms with Crippen molar-refractivity contribution in [1.82, 2.24) is 5.32 Å². The summed E-state index contributed by atoms with van der Waals surface area (Å²) in [5.41, 5.74) is 2.34. The van der Waals surface area contributed by atoms with Crippen LogP contribution in [0.2, 0.25) is 5.02 Å². The van der Waals surface area contributed by atoms with E-state index in [1.807, 2.05) is 66.7 Å². The zero-order valence-corrected chi connectivity index (χ0v) is 15.8. The molecule has 0 aliphatic heterocycles. The van der Waals surface area contributed by atoms with E-state index < -0.39 is 0 Å². The normalized spacial score (nSPS) is 10.8. The van der Waals surface area contributed by atoms with Gasteiger partial charge in [0.25, 0.3) is 5.91 Å². The van der Waals surface area contributed by atoms with E-state index in [4.69, 9.17) is 20.8 Å². The van der Waals surface area contributed by atoms with Gasteiger partial charge in [-0.3, -0.25) is 4.79 Å². The summed E-state index contributed by atoms with van der Waals surface area (Å²) in [5, 5.41) is 4.43. The van der Waals surface area contributed by atoms with Crippen molar-refractivity contribution in [3.05, 3.63) is 101 Å². The summed E-state index contributed by atoms with van der Waals surface area (Å²) in [6, 6.07) is 24.4. The van der Waals surface area contributed by atoms with Gasteiger partial charge in [0, 0.05) is 22.5 Å². The van der Waals surface area contributed by atoms with Gasteiger partial charge in [0.15, 0.2) is 5.76 Å². The fourth-order valence-corrected chi connectivity index (χ4v) is 3.09. The summed E-state index contributed by atoms with van der Waals surface area (Å²) in [5.74, 6) is 0.726. The van der Waals surface area contributed by atoms with E-state index >= 15 is 0 Å². The zero-order valence-electron chi connectivity index (χ0n) is 15.0. The van der Waals surface area contributed by atoms with Gasteiger partial charge in [-0.15, -0.1) is 0 Å². The van der Waals surface area contributed by atoms with E-state index in [9.17, 15) is 4.79 Å². The highest BCUT2D eigenvalue weighted by Crippen LogP contribution is 2.27. The van der Waals surface area contributed by atoms with Crippen LogP contribution in [0.4, 0.5) is 0 Å². The van der Waals surface area contributed by atoms with Crippen molar-refractivity contribution in [2.45, 2.75) is 13.2 Å². The average molecular weight is 392 g/mol. The second-order valence-corrected chi connectivity index (χ2v) is 6.75. The molecule has 0 saturated heterocycles. The van der Waals surface area contributed by atoms with Crippen molar-refractivity contribution in [3.8, 4) is 5.75 Å². The average Bonchev–Trinajstić information content (AvgIpc) is 3.11. The molecule has 140 valence electrons. The molecule has 4 nitrogen and oxygen atoms in total. The van der Waals surface area contributed by atoms with E-state index in [0.717, 1.165) is 22.3 Å². The van der Waals surface area contributed by atoms with Gasteiger partial charge in [-0.05, 0) is 35.9 Å². The third-order valence-corrected chi connectivity index (χ3v) is 4.65. The summed E-state index contributed by atoms with van der Waals surface area (Å²) in [4.78, 5) is 12.8. The minimum atomic E-state index is -0.280. The van der Waals surface area contributed by atoms with Crippen molar-refractivity contribution in [2.24, 2.45) is 0 Å². The molecule has 0 aliphatic carbocycles. The number of furan rings is 1. The lowest BCUT2D eigenvalue weighted by Gasteiger charge is -2.08. The van der Waals surface area contributed by atoms with Crippen LogP contribution in [-0.4, -0.2) is 5.91 Å². The minimum absolute atomic E-state index is 0.241. The molecule has 4 rings (SSSR count). The van der Waals surface area contributed by atoms with E-state index in [0.29, 0.717) is 17.2 Å². The van der Waals surface area contributed by atoms with Crippen molar-refractivity contribution in [2.75, 3.05) is 0 Å². The highest BCUT2D eigenvalue weighted by Gasteiger charge is 2.20. The number of hydrogen-bond acceptors (Lipinski definition) is 3. The number of amides is 1. The first-order valence-electron chi connectivity index (χ1n) is 8.91. The van der Waals surface area contributed by atoms with Crippen molar-refractivity contribution < 1.29 is 13.9 Å². The summed E-state index contributed by atoms with van der Waals surface area (Å²) in [6.07, 6.45) is 0. The molecule has 0 fully saturated rings. The fourth-order valence-electron chi connectivity index (χ4n) is 2.96. The largest absolute Gasteiger partial charge is 0.489 e. The predicted octanol–water partition coefficient (Wildman–Crippen LogP) is 5.60. The van der Waals surface area contributed by atoms with Crippen LogP contribution in [0.25, 0.3) is 11.0 Å². The maximum Gasteiger partial charge on any atom is 0.287 e. The molecule has 5 heteroatoms. The molecule has 0 unspecified atom stereocenters. The van der Waals surface area contributed by atoms with Crippen LogP contribution in [0.3, 0.4) is 0 Å². The van der Waals surface area contributed by atoms with E-state index in [1.54, 1.807) is 12.1 Å². The van der Waals surface area contributed by atoms with Gasteiger partial charge in [-0.1, -0.05) is 60.1 Å². The molecule has 0 spiro atoms. The molecule has 1 aromatic heterocycles. The molecule has 0 radical (unpaired) electrons. The number of fused-ring (bicyclic) bond motifs is 1. The van der Waals surface area contributed by atoms with Crippen LogP contribution in [0, 0.1) is 0 Å². The predicted molar refractivity (Wildman–Crippen MR) is 110 cm³/mol. The van der Waals surface area contributed by atoms with Crippen molar-refractivity contribution in [3.63, 3.8) is 0 Å². The molecule has 0 aliphatic rings. The van der Waals surface area contributed by atoms with Gasteiger partial charge < -0.3 is 14.5 Å². The summed E-state index contributed by atoms with van der Waals surface area (Å²) in [7, 11) is 0. The third kappa shape index (κ3) is 4.02. The number of ether oxygens (including phenoxy) is 1. The van der Waals surface area contributed by atoms with Crippen molar-refractivity contribution >= 4 is 28.5 Å².